The Morgan fingerprint density at radius 2 is 1.76 bits per heavy atom. The van der Waals surface area contributed by atoms with Crippen molar-refractivity contribution in [3.8, 4) is 11.3 Å². The summed E-state index contributed by atoms with van der Waals surface area (Å²) in [7, 11) is -8.04. The van der Waals surface area contributed by atoms with Gasteiger partial charge in [0.25, 0.3) is 0 Å². The zero-order valence-electron chi connectivity index (χ0n) is 16.1. The fraction of sp³-hybridized carbons (Fsp3) is 0.500. The summed E-state index contributed by atoms with van der Waals surface area (Å²) in [5.74, 6) is 0.619. The molecule has 0 amide bonds. The van der Waals surface area contributed by atoms with E-state index in [2.05, 4.69) is 5.16 Å². The topological polar surface area (TPSA) is 127 Å². The minimum absolute atomic E-state index is 0.349. The number of aliphatic hydroxyl groups is 1. The molecule has 1 aromatic carbocycles. The van der Waals surface area contributed by atoms with Gasteiger partial charge in [0.15, 0.2) is 5.76 Å². The molecule has 2 aromatic rings. The van der Waals surface area contributed by atoms with Crippen molar-refractivity contribution in [1.82, 2.24) is 8.87 Å². The van der Waals surface area contributed by atoms with E-state index in [0.29, 0.717) is 34.4 Å². The molecule has 1 N–H and O–H groups in total. The molecule has 11 heteroatoms. The van der Waals surface area contributed by atoms with Crippen LogP contribution in [0.25, 0.3) is 11.3 Å². The van der Waals surface area contributed by atoms with Crippen LogP contribution in [0.5, 0.6) is 0 Å². The fourth-order valence-corrected chi connectivity index (χ4v) is 6.11. The maximum Gasteiger partial charge on any atom is 0.224 e. The number of ether oxygens (including phenoxy) is 1. The lowest BCUT2D eigenvalue weighted by atomic mass is 9.98. The smallest absolute Gasteiger partial charge is 0.224 e. The van der Waals surface area contributed by atoms with Gasteiger partial charge in [-0.15, -0.1) is 0 Å². The van der Waals surface area contributed by atoms with E-state index >= 15 is 0 Å². The number of hydrogen-bond donors (Lipinski definition) is 1. The highest BCUT2D eigenvalue weighted by Crippen LogP contribution is 2.26. The maximum atomic E-state index is 11.9. The Bertz CT molecular complexity index is 1000. The summed E-state index contributed by atoms with van der Waals surface area (Å²) in [5, 5.41) is 14.3. The summed E-state index contributed by atoms with van der Waals surface area (Å²) < 4.78 is 59.0. The van der Waals surface area contributed by atoms with Crippen molar-refractivity contribution in [3.05, 3.63) is 42.1 Å². The van der Waals surface area contributed by atoms with Gasteiger partial charge in [0, 0.05) is 18.1 Å². The van der Waals surface area contributed by atoms with Gasteiger partial charge in [-0.1, -0.05) is 39.2 Å². The molecule has 0 spiro atoms. The molecule has 0 aliphatic carbocycles. The van der Waals surface area contributed by atoms with Gasteiger partial charge in [0.1, 0.15) is 0 Å². The van der Waals surface area contributed by atoms with Crippen LogP contribution in [0.4, 0.5) is 0 Å². The molecule has 3 atom stereocenters. The summed E-state index contributed by atoms with van der Waals surface area (Å²) in [6, 6.07) is 11.3. The average Bonchev–Trinajstić information content (AvgIpc) is 3.09. The SMILES string of the molecule is CS(=O)(=O)N(CC1OC(Cc2cc(-c3ccccc3)on2)CCC1O)S(C)(=O)=O. The monoisotopic (exact) mass is 444 g/mol. The second kappa shape index (κ2) is 8.52. The molecule has 3 rings (SSSR count). The summed E-state index contributed by atoms with van der Waals surface area (Å²) in [4.78, 5) is 0. The highest BCUT2D eigenvalue weighted by atomic mass is 32.3. The summed E-state index contributed by atoms with van der Waals surface area (Å²) in [6.45, 7) is -0.469. The van der Waals surface area contributed by atoms with Crippen LogP contribution in [-0.2, 0) is 31.2 Å². The van der Waals surface area contributed by atoms with Crippen molar-refractivity contribution in [2.75, 3.05) is 19.1 Å². The number of nitrogens with zero attached hydrogens (tertiary/aromatic N) is 2. The molecule has 0 bridgehead atoms. The van der Waals surface area contributed by atoms with Gasteiger partial charge in [-0.25, -0.2) is 16.8 Å². The molecule has 0 saturated carbocycles. The van der Waals surface area contributed by atoms with Crippen LogP contribution in [0.3, 0.4) is 0 Å². The van der Waals surface area contributed by atoms with Crippen molar-refractivity contribution < 1.29 is 31.2 Å². The van der Waals surface area contributed by atoms with Crippen molar-refractivity contribution in [1.29, 1.82) is 0 Å². The van der Waals surface area contributed by atoms with Crippen LogP contribution < -0.4 is 0 Å². The molecule has 1 aromatic heterocycles. The molecule has 0 radical (unpaired) electrons. The van der Waals surface area contributed by atoms with Gasteiger partial charge in [-0.3, -0.25) is 0 Å². The van der Waals surface area contributed by atoms with E-state index < -0.39 is 38.8 Å². The number of aromatic nitrogens is 1. The number of aliphatic hydroxyl groups excluding tert-OH is 1. The minimum atomic E-state index is -4.02. The molecular weight excluding hydrogens is 420 g/mol. The third-order valence-electron chi connectivity index (χ3n) is 4.70. The normalized spacial score (nSPS) is 23.4. The second-order valence-electron chi connectivity index (χ2n) is 7.18. The Balaban J connectivity index is 1.69. The first-order chi connectivity index (χ1) is 13.5. The lowest BCUT2D eigenvalue weighted by molar-refractivity contribution is -0.117. The third-order valence-corrected chi connectivity index (χ3v) is 8.11. The number of rotatable bonds is 7. The van der Waals surface area contributed by atoms with Gasteiger partial charge < -0.3 is 14.4 Å². The van der Waals surface area contributed by atoms with Gasteiger partial charge in [-0.05, 0) is 12.8 Å². The third kappa shape index (κ3) is 5.64. The highest BCUT2D eigenvalue weighted by Gasteiger charge is 2.37. The number of sulfonamides is 2. The zero-order valence-corrected chi connectivity index (χ0v) is 17.8. The molecule has 2 heterocycles. The van der Waals surface area contributed by atoms with E-state index in [1.165, 1.54) is 0 Å². The summed E-state index contributed by atoms with van der Waals surface area (Å²) >= 11 is 0. The molecule has 9 nitrogen and oxygen atoms in total. The molecular formula is C18H24N2O7S2. The average molecular weight is 445 g/mol. The molecule has 1 aliphatic heterocycles. The van der Waals surface area contributed by atoms with Crippen LogP contribution in [0.2, 0.25) is 0 Å². The first-order valence-electron chi connectivity index (χ1n) is 9.06. The Hall–Kier alpha value is -1.79. The molecule has 160 valence electrons. The molecule has 1 saturated heterocycles. The lowest BCUT2D eigenvalue weighted by Gasteiger charge is -2.35. The Morgan fingerprint density at radius 3 is 2.38 bits per heavy atom. The molecule has 3 unspecified atom stereocenters. The van der Waals surface area contributed by atoms with E-state index in [9.17, 15) is 21.9 Å². The van der Waals surface area contributed by atoms with Crippen LogP contribution in [-0.4, -0.2) is 68.2 Å². The van der Waals surface area contributed by atoms with Crippen LogP contribution in [0, 0.1) is 0 Å². The van der Waals surface area contributed by atoms with Crippen LogP contribution in [0.1, 0.15) is 18.5 Å². The predicted octanol–water partition coefficient (Wildman–Crippen LogP) is 1.01. The number of hydrogen-bond acceptors (Lipinski definition) is 8. The van der Waals surface area contributed by atoms with E-state index in [0.717, 1.165) is 18.1 Å². The number of benzene rings is 1. The van der Waals surface area contributed by atoms with Gasteiger partial charge >= 0.3 is 0 Å². The summed E-state index contributed by atoms with van der Waals surface area (Å²) in [5.41, 5.74) is 1.55. The minimum Gasteiger partial charge on any atom is -0.390 e. The summed E-state index contributed by atoms with van der Waals surface area (Å²) in [6.07, 6.45) is 0.634. The van der Waals surface area contributed by atoms with Crippen molar-refractivity contribution in [2.45, 2.75) is 37.6 Å². The van der Waals surface area contributed by atoms with Gasteiger partial charge in [0.05, 0.1) is 43.1 Å². The van der Waals surface area contributed by atoms with Crippen LogP contribution >= 0.6 is 0 Å². The van der Waals surface area contributed by atoms with Gasteiger partial charge in [0.2, 0.25) is 20.0 Å². The van der Waals surface area contributed by atoms with Crippen molar-refractivity contribution in [2.24, 2.45) is 0 Å². The quantitative estimate of drug-likeness (QED) is 0.670. The molecule has 1 aliphatic rings. The Labute approximate surface area is 170 Å². The maximum absolute atomic E-state index is 11.9. The first-order valence-corrected chi connectivity index (χ1v) is 12.8. The van der Waals surface area contributed by atoms with Crippen LogP contribution in [0.15, 0.2) is 40.9 Å². The van der Waals surface area contributed by atoms with E-state index in [4.69, 9.17) is 9.26 Å². The van der Waals surface area contributed by atoms with Crippen molar-refractivity contribution >= 4 is 20.0 Å². The largest absolute Gasteiger partial charge is 0.390 e. The Kier molecular flexibility index (Phi) is 6.44. The lowest BCUT2D eigenvalue weighted by Crippen LogP contribution is -2.49. The molecule has 29 heavy (non-hydrogen) atoms. The molecule has 1 fully saturated rings. The first kappa shape index (κ1) is 21.9. The standard InChI is InChI=1S/C18H24N2O7S2/c1-28(22,23)20(29(2,24)25)12-18-16(21)9-8-15(26-18)10-14-11-17(27-19-14)13-6-4-3-5-7-13/h3-7,11,15-16,18,21H,8-10,12H2,1-2H3. The Morgan fingerprint density at radius 1 is 1.10 bits per heavy atom. The highest BCUT2D eigenvalue weighted by molar-refractivity contribution is 8.03. The van der Waals surface area contributed by atoms with Crippen molar-refractivity contribution in [3.63, 3.8) is 0 Å². The van der Waals surface area contributed by atoms with Gasteiger partial charge in [-0.2, -0.15) is 0 Å². The van der Waals surface area contributed by atoms with E-state index in [1.807, 2.05) is 30.3 Å². The fourth-order valence-electron chi connectivity index (χ4n) is 3.31. The zero-order chi connectivity index (χ0) is 21.2. The van der Waals surface area contributed by atoms with E-state index in [1.54, 1.807) is 6.07 Å². The second-order valence-corrected chi connectivity index (χ2v) is 11.2. The van der Waals surface area contributed by atoms with E-state index in [-0.39, 0.29) is 6.10 Å². The predicted molar refractivity (Wildman–Crippen MR) is 106 cm³/mol.